The van der Waals surface area contributed by atoms with E-state index in [0.717, 1.165) is 17.8 Å². The summed E-state index contributed by atoms with van der Waals surface area (Å²) < 4.78 is 46.4. The summed E-state index contributed by atoms with van der Waals surface area (Å²) in [5.74, 6) is -0.210. The Balaban J connectivity index is 1.70. The molecule has 0 radical (unpaired) electrons. The molecule has 0 aliphatic carbocycles. The number of amides is 1. The average Bonchev–Trinajstić information content (AvgIpc) is 3.12. The standard InChI is InChI=1S/C25H32F3N3O2Si/c1-23(2,3)34(6,7)33-16-24(4,5)18-10-8-17(9-11-18)22(32)30-20-15-31-14-19(25(26,27)28)12-13-21(31)29-20/h8-15H,16H2,1-7H3,(H,30,32). The smallest absolute Gasteiger partial charge is 0.416 e. The van der Waals surface area contributed by atoms with Crippen LogP contribution in [0.15, 0.2) is 48.8 Å². The van der Waals surface area contributed by atoms with Gasteiger partial charge in [0.25, 0.3) is 5.91 Å². The Morgan fingerprint density at radius 3 is 2.12 bits per heavy atom. The van der Waals surface area contributed by atoms with Crippen molar-refractivity contribution in [1.82, 2.24) is 9.38 Å². The number of fused-ring (bicyclic) bond motifs is 1. The van der Waals surface area contributed by atoms with Crippen molar-refractivity contribution in [1.29, 1.82) is 0 Å². The van der Waals surface area contributed by atoms with Gasteiger partial charge < -0.3 is 14.1 Å². The first-order valence-electron chi connectivity index (χ1n) is 11.1. The quantitative estimate of drug-likeness (QED) is 0.382. The van der Waals surface area contributed by atoms with Crippen LogP contribution in [0.25, 0.3) is 5.65 Å². The van der Waals surface area contributed by atoms with E-state index in [1.54, 1.807) is 12.1 Å². The van der Waals surface area contributed by atoms with Crippen molar-refractivity contribution in [2.45, 2.75) is 64.3 Å². The summed E-state index contributed by atoms with van der Waals surface area (Å²) >= 11 is 0. The molecule has 0 saturated carbocycles. The van der Waals surface area contributed by atoms with Gasteiger partial charge in [-0.05, 0) is 48.0 Å². The highest BCUT2D eigenvalue weighted by atomic mass is 28.4. The number of benzene rings is 1. The molecule has 0 spiro atoms. The highest BCUT2D eigenvalue weighted by Crippen LogP contribution is 2.38. The Morgan fingerprint density at radius 2 is 1.56 bits per heavy atom. The van der Waals surface area contributed by atoms with Gasteiger partial charge in [-0.1, -0.05) is 46.8 Å². The van der Waals surface area contributed by atoms with E-state index in [1.807, 2.05) is 12.1 Å². The molecule has 5 nitrogen and oxygen atoms in total. The van der Waals surface area contributed by atoms with E-state index in [4.69, 9.17) is 4.43 Å². The van der Waals surface area contributed by atoms with Gasteiger partial charge in [0.05, 0.1) is 11.8 Å². The number of pyridine rings is 1. The normalized spacial score (nSPS) is 13.4. The molecule has 0 saturated heterocycles. The van der Waals surface area contributed by atoms with Crippen molar-refractivity contribution < 1.29 is 22.4 Å². The van der Waals surface area contributed by atoms with Crippen molar-refractivity contribution in [2.75, 3.05) is 11.9 Å². The highest BCUT2D eigenvalue weighted by Gasteiger charge is 2.38. The summed E-state index contributed by atoms with van der Waals surface area (Å²) in [5.41, 5.74) is 0.767. The third kappa shape index (κ3) is 5.70. The number of imidazole rings is 1. The van der Waals surface area contributed by atoms with Crippen LogP contribution in [0.2, 0.25) is 18.1 Å². The van der Waals surface area contributed by atoms with Gasteiger partial charge >= 0.3 is 6.18 Å². The lowest BCUT2D eigenvalue weighted by molar-refractivity contribution is -0.137. The van der Waals surface area contributed by atoms with Gasteiger partial charge in [0.1, 0.15) is 5.65 Å². The Labute approximate surface area is 199 Å². The molecular weight excluding hydrogens is 459 g/mol. The fourth-order valence-corrected chi connectivity index (χ4v) is 4.30. The second kappa shape index (κ2) is 8.85. The molecule has 34 heavy (non-hydrogen) atoms. The highest BCUT2D eigenvalue weighted by molar-refractivity contribution is 6.74. The van der Waals surface area contributed by atoms with Crippen LogP contribution in [-0.2, 0) is 16.0 Å². The van der Waals surface area contributed by atoms with Crippen LogP contribution in [0, 0.1) is 0 Å². The first-order valence-corrected chi connectivity index (χ1v) is 14.0. The van der Waals surface area contributed by atoms with Gasteiger partial charge in [-0.25, -0.2) is 4.98 Å². The Kier molecular flexibility index (Phi) is 6.76. The van der Waals surface area contributed by atoms with Crippen molar-refractivity contribution >= 4 is 25.7 Å². The Morgan fingerprint density at radius 1 is 0.971 bits per heavy atom. The second-order valence-corrected chi connectivity index (χ2v) is 15.6. The molecular formula is C25H32F3N3O2Si. The zero-order chi connectivity index (χ0) is 25.5. The first-order chi connectivity index (χ1) is 15.5. The lowest BCUT2D eigenvalue weighted by Crippen LogP contribution is -2.43. The third-order valence-electron chi connectivity index (χ3n) is 6.55. The SMILES string of the molecule is CC(C)(CO[Si](C)(C)C(C)(C)C)c1ccc(C(=O)Nc2cn3cc(C(F)(F)F)ccc3n2)cc1. The van der Waals surface area contributed by atoms with Crippen LogP contribution >= 0.6 is 0 Å². The molecule has 1 N–H and O–H groups in total. The van der Waals surface area contributed by atoms with Crippen molar-refractivity contribution in [3.8, 4) is 0 Å². The van der Waals surface area contributed by atoms with E-state index >= 15 is 0 Å². The maximum absolute atomic E-state index is 12.9. The summed E-state index contributed by atoms with van der Waals surface area (Å²) in [7, 11) is -1.88. The first kappa shape index (κ1) is 26.0. The molecule has 0 unspecified atom stereocenters. The van der Waals surface area contributed by atoms with Crippen LogP contribution in [0.1, 0.15) is 56.1 Å². The molecule has 1 amide bonds. The number of carbonyl (C=O) groups excluding carboxylic acids is 1. The second-order valence-electron chi connectivity index (χ2n) is 10.8. The molecule has 184 valence electrons. The molecule has 0 aliphatic heterocycles. The van der Waals surface area contributed by atoms with Crippen molar-refractivity contribution in [2.24, 2.45) is 0 Å². The average molecular weight is 492 g/mol. The van der Waals surface area contributed by atoms with E-state index in [2.05, 4.69) is 58.0 Å². The predicted octanol–water partition coefficient (Wildman–Crippen LogP) is 6.90. The van der Waals surface area contributed by atoms with Crippen LogP contribution in [-0.4, -0.2) is 30.2 Å². The molecule has 3 aromatic rings. The van der Waals surface area contributed by atoms with Crippen LogP contribution in [0.4, 0.5) is 19.0 Å². The fourth-order valence-electron chi connectivity index (χ4n) is 3.14. The summed E-state index contributed by atoms with van der Waals surface area (Å²) in [6.07, 6.45) is -2.15. The predicted molar refractivity (Wildman–Crippen MR) is 131 cm³/mol. The summed E-state index contributed by atoms with van der Waals surface area (Å²) in [4.78, 5) is 16.9. The summed E-state index contributed by atoms with van der Waals surface area (Å²) in [6.45, 7) is 15.9. The molecule has 1 aromatic carbocycles. The zero-order valence-corrected chi connectivity index (χ0v) is 21.7. The topological polar surface area (TPSA) is 55.6 Å². The van der Waals surface area contributed by atoms with Gasteiger partial charge in [0.2, 0.25) is 0 Å². The molecule has 0 aliphatic rings. The third-order valence-corrected chi connectivity index (χ3v) is 11.0. The molecule has 0 bridgehead atoms. The van der Waals surface area contributed by atoms with Crippen LogP contribution in [0.3, 0.4) is 0 Å². The number of anilines is 1. The summed E-state index contributed by atoms with van der Waals surface area (Å²) in [5, 5.41) is 2.78. The van der Waals surface area contributed by atoms with Crippen molar-refractivity contribution in [3.05, 3.63) is 65.5 Å². The van der Waals surface area contributed by atoms with Gasteiger partial charge in [0, 0.05) is 23.8 Å². The number of alkyl halides is 3. The Hall–Kier alpha value is -2.65. The van der Waals surface area contributed by atoms with E-state index < -0.39 is 20.1 Å². The maximum Gasteiger partial charge on any atom is 0.417 e. The van der Waals surface area contributed by atoms with Crippen LogP contribution in [0.5, 0.6) is 0 Å². The number of nitrogens with zero attached hydrogens (tertiary/aromatic N) is 2. The van der Waals surface area contributed by atoms with Gasteiger partial charge in [0.15, 0.2) is 14.1 Å². The maximum atomic E-state index is 12.9. The molecule has 2 heterocycles. The minimum atomic E-state index is -4.45. The fraction of sp³-hybridized carbons (Fsp3) is 0.440. The molecule has 0 fully saturated rings. The molecule has 3 rings (SSSR count). The number of nitrogens with one attached hydrogen (secondary N) is 1. The van der Waals surface area contributed by atoms with E-state index in [1.165, 1.54) is 16.7 Å². The number of hydrogen-bond acceptors (Lipinski definition) is 3. The number of carbonyl (C=O) groups is 1. The minimum Gasteiger partial charge on any atom is -0.416 e. The minimum absolute atomic E-state index is 0.122. The lowest BCUT2D eigenvalue weighted by Gasteiger charge is -2.39. The van der Waals surface area contributed by atoms with E-state index in [9.17, 15) is 18.0 Å². The van der Waals surface area contributed by atoms with Gasteiger partial charge in [-0.3, -0.25) is 4.79 Å². The van der Waals surface area contributed by atoms with Crippen molar-refractivity contribution in [3.63, 3.8) is 0 Å². The van der Waals surface area contributed by atoms with Gasteiger partial charge in [-0.15, -0.1) is 0 Å². The number of rotatable bonds is 6. The largest absolute Gasteiger partial charge is 0.417 e. The molecule has 0 atom stereocenters. The van der Waals surface area contributed by atoms with E-state index in [-0.39, 0.29) is 22.2 Å². The lowest BCUT2D eigenvalue weighted by atomic mass is 9.85. The Bertz CT molecular complexity index is 1180. The van der Waals surface area contributed by atoms with Gasteiger partial charge in [-0.2, -0.15) is 13.2 Å². The summed E-state index contributed by atoms with van der Waals surface area (Å²) in [6, 6.07) is 9.50. The van der Waals surface area contributed by atoms with Crippen LogP contribution < -0.4 is 5.32 Å². The monoisotopic (exact) mass is 491 g/mol. The zero-order valence-electron chi connectivity index (χ0n) is 20.7. The number of hydrogen-bond donors (Lipinski definition) is 1. The molecule has 9 heteroatoms. The van der Waals surface area contributed by atoms with E-state index in [0.29, 0.717) is 17.8 Å². The number of aromatic nitrogens is 2. The number of halogens is 3. The molecule has 2 aromatic heterocycles.